The number of aromatic nitrogens is 3. The number of ether oxygens (including phenoxy) is 1. The fourth-order valence-corrected chi connectivity index (χ4v) is 5.68. The highest BCUT2D eigenvalue weighted by Gasteiger charge is 2.23. The molecule has 2 aliphatic rings. The van der Waals surface area contributed by atoms with E-state index in [2.05, 4.69) is 64.9 Å². The predicted octanol–water partition coefficient (Wildman–Crippen LogP) is 4.68. The topological polar surface area (TPSA) is 60.5 Å². The van der Waals surface area contributed by atoms with E-state index in [1.54, 1.807) is 0 Å². The number of fused-ring (bicyclic) bond motifs is 1. The van der Waals surface area contributed by atoms with E-state index in [-0.39, 0.29) is 5.82 Å². The summed E-state index contributed by atoms with van der Waals surface area (Å²) < 4.78 is 19.7. The second-order valence-electron chi connectivity index (χ2n) is 9.71. The number of rotatable bonds is 6. The number of hydrogen-bond acceptors (Lipinski definition) is 6. The zero-order valence-electron chi connectivity index (χ0n) is 20.7. The molecule has 0 amide bonds. The Morgan fingerprint density at radius 2 is 1.46 bits per heavy atom. The van der Waals surface area contributed by atoms with Crippen LogP contribution in [0.3, 0.4) is 0 Å². The minimum absolute atomic E-state index is 0.192. The number of H-pyrrole nitrogens is 1. The lowest BCUT2D eigenvalue weighted by Gasteiger charge is -2.36. The number of halogens is 2. The third-order valence-corrected chi connectivity index (χ3v) is 7.77. The van der Waals surface area contributed by atoms with Crippen LogP contribution in [0.15, 0.2) is 59.2 Å². The Morgan fingerprint density at radius 3 is 2.14 bits per heavy atom. The summed E-state index contributed by atoms with van der Waals surface area (Å²) in [6.45, 7) is 9.00. The minimum atomic E-state index is -0.192. The first-order valence-corrected chi connectivity index (χ1v) is 13.6. The molecule has 0 aliphatic carbocycles. The van der Waals surface area contributed by atoms with Crippen molar-refractivity contribution in [2.24, 2.45) is 0 Å². The molecule has 7 nitrogen and oxygen atoms in total. The lowest BCUT2D eigenvalue weighted by atomic mass is 10.1. The summed E-state index contributed by atoms with van der Waals surface area (Å²) in [5, 5.41) is 0. The molecule has 0 unspecified atom stereocenters. The SMILES string of the molecule is Fc1ccc(CN2CCN(c3c(Br)cnc4nc(-c5ccc(CN6CCOCC6)cc5)[nH]c34)CC2)cc1. The second kappa shape index (κ2) is 10.9. The molecule has 2 aromatic heterocycles. The number of nitrogens with one attached hydrogen (secondary N) is 1. The molecule has 9 heteroatoms. The average Bonchev–Trinajstić information content (AvgIpc) is 3.36. The Balaban J connectivity index is 1.16. The molecule has 2 saturated heterocycles. The van der Waals surface area contributed by atoms with E-state index in [0.29, 0.717) is 0 Å². The summed E-state index contributed by atoms with van der Waals surface area (Å²) in [6.07, 6.45) is 1.85. The van der Waals surface area contributed by atoms with E-state index in [1.807, 2.05) is 18.3 Å². The first-order chi connectivity index (χ1) is 18.1. The molecule has 4 heterocycles. The van der Waals surface area contributed by atoms with Crippen LogP contribution < -0.4 is 4.90 Å². The summed E-state index contributed by atoms with van der Waals surface area (Å²) >= 11 is 3.74. The van der Waals surface area contributed by atoms with E-state index in [1.165, 1.54) is 17.7 Å². The van der Waals surface area contributed by atoms with Crippen molar-refractivity contribution in [2.75, 3.05) is 57.4 Å². The highest BCUT2D eigenvalue weighted by atomic mass is 79.9. The molecular formula is C28H30BrFN6O. The quantitative estimate of drug-likeness (QED) is 0.367. The zero-order chi connectivity index (χ0) is 25.2. The maximum absolute atomic E-state index is 13.2. The van der Waals surface area contributed by atoms with Crippen molar-refractivity contribution in [3.05, 3.63) is 76.1 Å². The van der Waals surface area contributed by atoms with Gasteiger partial charge in [0, 0.05) is 64.1 Å². The fraction of sp³-hybridized carbons (Fsp3) is 0.357. The molecular weight excluding hydrogens is 535 g/mol. The van der Waals surface area contributed by atoms with Crippen LogP contribution >= 0.6 is 15.9 Å². The maximum atomic E-state index is 13.2. The first-order valence-electron chi connectivity index (χ1n) is 12.8. The number of benzene rings is 2. The lowest BCUT2D eigenvalue weighted by molar-refractivity contribution is 0.0342. The normalized spacial score (nSPS) is 17.5. The Morgan fingerprint density at radius 1 is 0.838 bits per heavy atom. The van der Waals surface area contributed by atoms with E-state index in [0.717, 1.165) is 104 Å². The van der Waals surface area contributed by atoms with E-state index < -0.39 is 0 Å². The number of piperazine rings is 1. The number of anilines is 1. The van der Waals surface area contributed by atoms with Crippen LogP contribution in [0.2, 0.25) is 0 Å². The Labute approximate surface area is 224 Å². The van der Waals surface area contributed by atoms with Gasteiger partial charge >= 0.3 is 0 Å². The van der Waals surface area contributed by atoms with Gasteiger partial charge in [-0.15, -0.1) is 0 Å². The van der Waals surface area contributed by atoms with Crippen molar-refractivity contribution in [3.8, 4) is 11.4 Å². The van der Waals surface area contributed by atoms with Gasteiger partial charge in [-0.25, -0.2) is 14.4 Å². The minimum Gasteiger partial charge on any atom is -0.379 e. The fourth-order valence-electron chi connectivity index (χ4n) is 5.13. The largest absolute Gasteiger partial charge is 0.379 e. The number of hydrogen-bond donors (Lipinski definition) is 1. The molecule has 0 radical (unpaired) electrons. The molecule has 2 aromatic carbocycles. The number of pyridine rings is 1. The lowest BCUT2D eigenvalue weighted by Crippen LogP contribution is -2.46. The molecule has 2 aliphatic heterocycles. The predicted molar refractivity (Wildman–Crippen MR) is 147 cm³/mol. The highest BCUT2D eigenvalue weighted by Crippen LogP contribution is 2.34. The van der Waals surface area contributed by atoms with Crippen LogP contribution in [-0.2, 0) is 17.8 Å². The summed E-state index contributed by atoms with van der Waals surface area (Å²) in [5.41, 5.74) is 6.26. The molecule has 6 rings (SSSR count). The van der Waals surface area contributed by atoms with Crippen LogP contribution in [0.25, 0.3) is 22.6 Å². The molecule has 4 aromatic rings. The van der Waals surface area contributed by atoms with Crippen LogP contribution in [0.4, 0.5) is 10.1 Å². The molecule has 0 bridgehead atoms. The van der Waals surface area contributed by atoms with E-state index in [9.17, 15) is 4.39 Å². The van der Waals surface area contributed by atoms with Gasteiger partial charge in [0.2, 0.25) is 0 Å². The van der Waals surface area contributed by atoms with Crippen LogP contribution in [-0.4, -0.2) is 77.2 Å². The van der Waals surface area contributed by atoms with Gasteiger partial charge in [-0.1, -0.05) is 36.4 Å². The van der Waals surface area contributed by atoms with Crippen molar-refractivity contribution < 1.29 is 9.13 Å². The van der Waals surface area contributed by atoms with Gasteiger partial charge in [0.05, 0.1) is 23.4 Å². The summed E-state index contributed by atoms with van der Waals surface area (Å²) in [7, 11) is 0. The molecule has 0 spiro atoms. The van der Waals surface area contributed by atoms with Crippen LogP contribution in [0.5, 0.6) is 0 Å². The van der Waals surface area contributed by atoms with Crippen molar-refractivity contribution in [3.63, 3.8) is 0 Å². The molecule has 37 heavy (non-hydrogen) atoms. The average molecular weight is 565 g/mol. The smallest absolute Gasteiger partial charge is 0.180 e. The molecule has 0 atom stereocenters. The molecule has 192 valence electrons. The summed E-state index contributed by atoms with van der Waals surface area (Å²) in [4.78, 5) is 20.2. The highest BCUT2D eigenvalue weighted by molar-refractivity contribution is 9.10. The third-order valence-electron chi connectivity index (χ3n) is 7.19. The summed E-state index contributed by atoms with van der Waals surface area (Å²) in [5.74, 6) is 0.637. The number of morpholine rings is 1. The second-order valence-corrected chi connectivity index (χ2v) is 10.6. The van der Waals surface area contributed by atoms with E-state index >= 15 is 0 Å². The van der Waals surface area contributed by atoms with Crippen molar-refractivity contribution in [1.82, 2.24) is 24.8 Å². The van der Waals surface area contributed by atoms with Gasteiger partial charge in [0.15, 0.2) is 5.65 Å². The molecule has 1 N–H and O–H groups in total. The Bertz CT molecular complexity index is 1350. The zero-order valence-corrected chi connectivity index (χ0v) is 22.3. The molecule has 2 fully saturated rings. The Kier molecular flexibility index (Phi) is 7.19. The van der Waals surface area contributed by atoms with Crippen molar-refractivity contribution in [2.45, 2.75) is 13.1 Å². The maximum Gasteiger partial charge on any atom is 0.180 e. The molecule has 0 saturated carbocycles. The number of nitrogens with zero attached hydrogens (tertiary/aromatic N) is 5. The monoisotopic (exact) mass is 564 g/mol. The summed E-state index contributed by atoms with van der Waals surface area (Å²) in [6, 6.07) is 15.4. The first kappa shape index (κ1) is 24.5. The van der Waals surface area contributed by atoms with Crippen LogP contribution in [0, 0.1) is 5.82 Å². The van der Waals surface area contributed by atoms with Gasteiger partial charge in [-0.05, 0) is 39.2 Å². The third kappa shape index (κ3) is 5.55. The van der Waals surface area contributed by atoms with E-state index in [4.69, 9.17) is 9.72 Å². The van der Waals surface area contributed by atoms with Gasteiger partial charge in [-0.2, -0.15) is 0 Å². The van der Waals surface area contributed by atoms with Crippen molar-refractivity contribution >= 4 is 32.8 Å². The van der Waals surface area contributed by atoms with Gasteiger partial charge < -0.3 is 14.6 Å². The van der Waals surface area contributed by atoms with Crippen molar-refractivity contribution in [1.29, 1.82) is 0 Å². The number of imidazole rings is 1. The van der Waals surface area contributed by atoms with Crippen LogP contribution in [0.1, 0.15) is 11.1 Å². The van der Waals surface area contributed by atoms with Gasteiger partial charge in [0.25, 0.3) is 0 Å². The Hall–Kier alpha value is -2.85. The number of aromatic amines is 1. The van der Waals surface area contributed by atoms with Gasteiger partial charge in [0.1, 0.15) is 17.2 Å². The standard InChI is InChI=1S/C28H30BrFN6O/c29-24-17-31-28-25(26(24)36-11-9-34(10-12-36)18-21-3-7-23(30)8-4-21)32-27(33-28)22-5-1-20(2-6-22)19-35-13-15-37-16-14-35/h1-8,17H,9-16,18-19H2,(H,31,32,33). The van der Waals surface area contributed by atoms with Gasteiger partial charge in [-0.3, -0.25) is 9.80 Å².